The molecule has 134 valence electrons. The van der Waals surface area contributed by atoms with Gasteiger partial charge < -0.3 is 20.0 Å². The number of rotatable bonds is 6. The molecule has 2 aromatic heterocycles. The minimum Gasteiger partial charge on any atom is -0.358 e. The highest BCUT2D eigenvalue weighted by Crippen LogP contribution is 2.20. The van der Waals surface area contributed by atoms with E-state index < -0.39 is 10.8 Å². The Balaban J connectivity index is 1.59. The molecular weight excluding hydrogens is 345 g/mol. The van der Waals surface area contributed by atoms with Crippen LogP contribution in [0.25, 0.3) is 11.3 Å². The van der Waals surface area contributed by atoms with E-state index in [2.05, 4.69) is 15.6 Å². The lowest BCUT2D eigenvalue weighted by Gasteiger charge is -2.02. The van der Waals surface area contributed by atoms with Crippen LogP contribution in [0, 0.1) is 22.9 Å². The number of nitrogens with one attached hydrogen (secondary N) is 1. The van der Waals surface area contributed by atoms with E-state index in [-0.39, 0.29) is 30.4 Å². The highest BCUT2D eigenvalue weighted by molar-refractivity contribution is 5.93. The van der Waals surface area contributed by atoms with Gasteiger partial charge in [-0.15, -0.1) is 0 Å². The van der Waals surface area contributed by atoms with Crippen molar-refractivity contribution in [3.05, 3.63) is 63.7 Å². The van der Waals surface area contributed by atoms with Gasteiger partial charge in [0.05, 0.1) is 23.4 Å². The molecule has 0 unspecified atom stereocenters. The normalized spacial score (nSPS) is 10.7. The third-order valence-corrected chi connectivity index (χ3v) is 3.64. The Kier molecular flexibility index (Phi) is 4.74. The first-order valence-corrected chi connectivity index (χ1v) is 7.64. The smallest absolute Gasteiger partial charge is 0.358 e. The Labute approximate surface area is 146 Å². The van der Waals surface area contributed by atoms with E-state index in [1.807, 2.05) is 0 Å². The zero-order valence-electron chi connectivity index (χ0n) is 13.7. The number of nitro groups is 1. The number of benzene rings is 1. The highest BCUT2D eigenvalue weighted by Gasteiger charge is 2.16. The maximum atomic E-state index is 12.9. The zero-order chi connectivity index (χ0) is 18.7. The number of amides is 1. The van der Waals surface area contributed by atoms with Gasteiger partial charge in [-0.1, -0.05) is 5.16 Å². The number of aromatic nitrogens is 3. The molecule has 0 aliphatic carbocycles. The van der Waals surface area contributed by atoms with E-state index in [0.29, 0.717) is 17.0 Å². The van der Waals surface area contributed by atoms with Crippen molar-refractivity contribution < 1.29 is 18.6 Å². The van der Waals surface area contributed by atoms with Crippen molar-refractivity contribution in [2.24, 2.45) is 0 Å². The Morgan fingerprint density at radius 1 is 1.35 bits per heavy atom. The summed E-state index contributed by atoms with van der Waals surface area (Å²) < 4.78 is 19.5. The van der Waals surface area contributed by atoms with Gasteiger partial charge in [0.2, 0.25) is 0 Å². The molecule has 0 saturated heterocycles. The number of carbonyl (C=O) groups is 1. The van der Waals surface area contributed by atoms with E-state index in [1.54, 1.807) is 6.92 Å². The molecule has 1 aromatic carbocycles. The molecule has 1 N–H and O–H groups in total. The molecule has 0 spiro atoms. The summed E-state index contributed by atoms with van der Waals surface area (Å²) in [7, 11) is 0. The van der Waals surface area contributed by atoms with Crippen LogP contribution in [-0.2, 0) is 6.54 Å². The lowest BCUT2D eigenvalue weighted by atomic mass is 10.1. The van der Waals surface area contributed by atoms with Gasteiger partial charge in [-0.2, -0.15) is 4.68 Å². The van der Waals surface area contributed by atoms with Crippen LogP contribution in [0.15, 0.2) is 40.9 Å². The molecule has 0 fully saturated rings. The summed E-state index contributed by atoms with van der Waals surface area (Å²) >= 11 is 0. The van der Waals surface area contributed by atoms with Crippen molar-refractivity contribution in [1.29, 1.82) is 0 Å². The summed E-state index contributed by atoms with van der Waals surface area (Å²) in [6.07, 6.45) is 0. The second-order valence-electron chi connectivity index (χ2n) is 5.46. The number of hydrogen-bond donors (Lipinski definition) is 1. The summed E-state index contributed by atoms with van der Waals surface area (Å²) in [5, 5.41) is 20.9. The first kappa shape index (κ1) is 17.3. The van der Waals surface area contributed by atoms with Gasteiger partial charge in [0.1, 0.15) is 5.82 Å². The Hall–Kier alpha value is -3.56. The average Bonchev–Trinajstić information content (AvgIpc) is 3.23. The molecule has 0 aliphatic rings. The van der Waals surface area contributed by atoms with Crippen LogP contribution < -0.4 is 5.32 Å². The first-order chi connectivity index (χ1) is 12.4. The number of nitrogens with zero attached hydrogens (tertiary/aromatic N) is 4. The summed E-state index contributed by atoms with van der Waals surface area (Å²) in [6, 6.07) is 8.41. The Morgan fingerprint density at radius 2 is 2.08 bits per heavy atom. The van der Waals surface area contributed by atoms with Gasteiger partial charge >= 0.3 is 5.82 Å². The minimum absolute atomic E-state index is 0.0764. The predicted molar refractivity (Wildman–Crippen MR) is 87.8 cm³/mol. The van der Waals surface area contributed by atoms with Crippen LogP contribution in [0.3, 0.4) is 0 Å². The summed E-state index contributed by atoms with van der Waals surface area (Å²) in [5.41, 5.74) is 1.29. The maximum Gasteiger partial charge on any atom is 0.390 e. The summed E-state index contributed by atoms with van der Waals surface area (Å²) in [4.78, 5) is 22.2. The van der Waals surface area contributed by atoms with Crippen LogP contribution in [0.1, 0.15) is 16.2 Å². The van der Waals surface area contributed by atoms with Crippen LogP contribution >= 0.6 is 0 Å². The molecule has 0 bridgehead atoms. The molecule has 1 amide bonds. The van der Waals surface area contributed by atoms with Crippen LogP contribution in [0.5, 0.6) is 0 Å². The van der Waals surface area contributed by atoms with Gasteiger partial charge in [-0.05, 0) is 36.1 Å². The molecule has 0 saturated carbocycles. The topological polar surface area (TPSA) is 116 Å². The Morgan fingerprint density at radius 3 is 2.73 bits per heavy atom. The molecular formula is C16H14FN5O4. The monoisotopic (exact) mass is 359 g/mol. The van der Waals surface area contributed by atoms with Crippen molar-refractivity contribution >= 4 is 11.7 Å². The number of halogens is 1. The van der Waals surface area contributed by atoms with E-state index >= 15 is 0 Å². The van der Waals surface area contributed by atoms with Gasteiger partial charge in [0.15, 0.2) is 11.5 Å². The molecule has 2 heterocycles. The SMILES string of the molecule is Cc1cc([N+](=O)[O-])nn1CCNC(=O)c1cc(-c2ccc(F)cc2)on1. The second kappa shape index (κ2) is 7.13. The lowest BCUT2D eigenvalue weighted by molar-refractivity contribution is -0.389. The molecule has 3 aromatic rings. The molecule has 26 heavy (non-hydrogen) atoms. The Bertz CT molecular complexity index is 948. The predicted octanol–water partition coefficient (Wildman–Crippen LogP) is 2.32. The molecule has 0 radical (unpaired) electrons. The molecule has 0 aliphatic heterocycles. The highest BCUT2D eigenvalue weighted by atomic mass is 19.1. The molecule has 3 rings (SSSR count). The number of aryl methyl sites for hydroxylation is 1. The van der Waals surface area contributed by atoms with E-state index in [9.17, 15) is 19.3 Å². The fraction of sp³-hybridized carbons (Fsp3) is 0.188. The molecule has 9 nitrogen and oxygen atoms in total. The van der Waals surface area contributed by atoms with Crippen LogP contribution in [0.4, 0.5) is 10.2 Å². The quantitative estimate of drug-likeness (QED) is 0.533. The third-order valence-electron chi connectivity index (χ3n) is 3.64. The van der Waals surface area contributed by atoms with Crippen LogP contribution in [-0.4, -0.2) is 32.3 Å². The van der Waals surface area contributed by atoms with Gasteiger partial charge in [-0.3, -0.25) is 4.79 Å². The van der Waals surface area contributed by atoms with Crippen molar-refractivity contribution in [3.63, 3.8) is 0 Å². The maximum absolute atomic E-state index is 12.9. The van der Waals surface area contributed by atoms with Crippen molar-refractivity contribution in [2.75, 3.05) is 6.54 Å². The molecule has 10 heteroatoms. The summed E-state index contributed by atoms with van der Waals surface area (Å²) in [5.74, 6) is -0.732. The first-order valence-electron chi connectivity index (χ1n) is 7.64. The zero-order valence-corrected chi connectivity index (χ0v) is 13.7. The lowest BCUT2D eigenvalue weighted by Crippen LogP contribution is -2.28. The standard InChI is InChI=1S/C16H14FN5O4/c1-10-8-15(22(24)25)19-21(10)7-6-18-16(23)13-9-14(26-20-13)11-2-4-12(17)5-3-11/h2-5,8-9H,6-7H2,1H3,(H,18,23). The van der Waals surface area contributed by atoms with Crippen molar-refractivity contribution in [3.8, 4) is 11.3 Å². The minimum atomic E-state index is -0.575. The van der Waals surface area contributed by atoms with Gasteiger partial charge in [0.25, 0.3) is 5.91 Å². The fourth-order valence-electron chi connectivity index (χ4n) is 2.31. The fourth-order valence-corrected chi connectivity index (χ4v) is 2.31. The average molecular weight is 359 g/mol. The number of carbonyl (C=O) groups excluding carboxylic acids is 1. The van der Waals surface area contributed by atoms with E-state index in [4.69, 9.17) is 4.52 Å². The van der Waals surface area contributed by atoms with E-state index in [1.165, 1.54) is 41.1 Å². The third kappa shape index (κ3) is 3.74. The second-order valence-corrected chi connectivity index (χ2v) is 5.46. The van der Waals surface area contributed by atoms with Crippen molar-refractivity contribution in [2.45, 2.75) is 13.5 Å². The van der Waals surface area contributed by atoms with Gasteiger partial charge in [-0.25, -0.2) is 4.39 Å². The van der Waals surface area contributed by atoms with Crippen LogP contribution in [0.2, 0.25) is 0 Å². The van der Waals surface area contributed by atoms with Crippen molar-refractivity contribution in [1.82, 2.24) is 20.3 Å². The largest absolute Gasteiger partial charge is 0.390 e. The summed E-state index contributed by atoms with van der Waals surface area (Å²) in [6.45, 7) is 2.17. The van der Waals surface area contributed by atoms with Gasteiger partial charge in [0, 0.05) is 18.2 Å². The number of hydrogen-bond acceptors (Lipinski definition) is 6. The van der Waals surface area contributed by atoms with E-state index in [0.717, 1.165) is 0 Å². The molecule has 0 atom stereocenters.